The first-order valence-electron chi connectivity index (χ1n) is 5.39. The van der Waals surface area contributed by atoms with Gasteiger partial charge < -0.3 is 10.6 Å². The van der Waals surface area contributed by atoms with E-state index in [0.29, 0.717) is 0 Å². The number of carbonyl (C=O) groups is 1. The maximum absolute atomic E-state index is 11.5. The number of aryl methyl sites for hydroxylation is 1. The van der Waals surface area contributed by atoms with Gasteiger partial charge in [-0.3, -0.25) is 0 Å². The Morgan fingerprint density at radius 3 is 2.69 bits per heavy atom. The highest BCUT2D eigenvalue weighted by atomic mass is 127. The predicted octanol–water partition coefficient (Wildman–Crippen LogP) is 3.38. The molecule has 1 rings (SSSR count). The highest BCUT2D eigenvalue weighted by molar-refractivity contribution is 14.1. The summed E-state index contributed by atoms with van der Waals surface area (Å²) in [6, 6.07) is 5.94. The summed E-state index contributed by atoms with van der Waals surface area (Å²) >= 11 is 2.30. The van der Waals surface area contributed by atoms with E-state index in [1.807, 2.05) is 32.0 Å². The Bertz CT molecular complexity index is 377. The van der Waals surface area contributed by atoms with Crippen LogP contribution in [0.4, 0.5) is 10.5 Å². The lowest BCUT2D eigenvalue weighted by atomic mass is 10.1. The molecule has 1 aromatic rings. The van der Waals surface area contributed by atoms with E-state index in [1.54, 1.807) is 0 Å². The fourth-order valence-electron chi connectivity index (χ4n) is 1.35. The molecule has 4 heteroatoms. The van der Waals surface area contributed by atoms with Crippen molar-refractivity contribution in [1.82, 2.24) is 5.32 Å². The van der Waals surface area contributed by atoms with Gasteiger partial charge in [-0.15, -0.1) is 0 Å². The van der Waals surface area contributed by atoms with Gasteiger partial charge in [-0.25, -0.2) is 4.79 Å². The van der Waals surface area contributed by atoms with Crippen LogP contribution in [-0.4, -0.2) is 12.1 Å². The van der Waals surface area contributed by atoms with Crippen molar-refractivity contribution in [3.8, 4) is 0 Å². The largest absolute Gasteiger partial charge is 0.336 e. The quantitative estimate of drug-likeness (QED) is 0.819. The molecule has 0 atom stereocenters. The third-order valence-electron chi connectivity index (χ3n) is 2.10. The van der Waals surface area contributed by atoms with Gasteiger partial charge in [0.2, 0.25) is 0 Å². The summed E-state index contributed by atoms with van der Waals surface area (Å²) in [4.78, 5) is 11.5. The van der Waals surface area contributed by atoms with Crippen LogP contribution in [0.5, 0.6) is 0 Å². The Morgan fingerprint density at radius 1 is 1.44 bits per heavy atom. The van der Waals surface area contributed by atoms with Crippen LogP contribution in [0.2, 0.25) is 0 Å². The summed E-state index contributed by atoms with van der Waals surface area (Å²) in [5, 5.41) is 5.61. The van der Waals surface area contributed by atoms with Crippen molar-refractivity contribution in [2.45, 2.75) is 33.2 Å². The van der Waals surface area contributed by atoms with Crippen molar-refractivity contribution in [1.29, 1.82) is 0 Å². The van der Waals surface area contributed by atoms with E-state index in [1.165, 1.54) is 9.13 Å². The molecule has 0 bridgehead atoms. The molecule has 2 amide bonds. The monoisotopic (exact) mass is 332 g/mol. The second-order valence-electron chi connectivity index (χ2n) is 3.91. The van der Waals surface area contributed by atoms with E-state index in [-0.39, 0.29) is 12.1 Å². The Hall–Kier alpha value is -0.780. The van der Waals surface area contributed by atoms with Crippen molar-refractivity contribution >= 4 is 34.3 Å². The number of rotatable bonds is 3. The first-order valence-corrected chi connectivity index (χ1v) is 6.46. The summed E-state index contributed by atoms with van der Waals surface area (Å²) in [5.41, 5.74) is 2.10. The van der Waals surface area contributed by atoms with Gasteiger partial charge in [0.25, 0.3) is 0 Å². The molecule has 0 aliphatic carbocycles. The number of halogens is 1. The van der Waals surface area contributed by atoms with Crippen LogP contribution in [0, 0.1) is 3.57 Å². The fraction of sp³-hybridized carbons (Fsp3) is 0.417. The Labute approximate surface area is 110 Å². The molecule has 0 saturated carbocycles. The van der Waals surface area contributed by atoms with Crippen molar-refractivity contribution in [2.75, 3.05) is 5.32 Å². The molecule has 0 heterocycles. The van der Waals surface area contributed by atoms with Crippen LogP contribution in [0.25, 0.3) is 0 Å². The van der Waals surface area contributed by atoms with Crippen LogP contribution in [-0.2, 0) is 6.42 Å². The highest BCUT2D eigenvalue weighted by Gasteiger charge is 2.04. The predicted molar refractivity (Wildman–Crippen MR) is 75.8 cm³/mol. The smallest absolute Gasteiger partial charge is 0.319 e. The maximum Gasteiger partial charge on any atom is 0.319 e. The first kappa shape index (κ1) is 13.3. The summed E-state index contributed by atoms with van der Waals surface area (Å²) in [6.45, 7) is 5.98. The van der Waals surface area contributed by atoms with Crippen LogP contribution in [0.3, 0.4) is 0 Å². The third kappa shape index (κ3) is 4.00. The number of amides is 2. The normalized spacial score (nSPS) is 10.3. The zero-order valence-electron chi connectivity index (χ0n) is 9.80. The van der Waals surface area contributed by atoms with Crippen LogP contribution in [0.1, 0.15) is 26.3 Å². The third-order valence-corrected chi connectivity index (χ3v) is 3.16. The molecule has 0 spiro atoms. The molecule has 0 aliphatic rings. The molecule has 88 valence electrons. The number of urea groups is 1. The van der Waals surface area contributed by atoms with Gasteiger partial charge in [-0.05, 0) is 66.6 Å². The molecule has 0 aliphatic heterocycles. The van der Waals surface area contributed by atoms with Crippen LogP contribution >= 0.6 is 22.6 Å². The molecule has 0 unspecified atom stereocenters. The van der Waals surface area contributed by atoms with Crippen molar-refractivity contribution in [2.24, 2.45) is 0 Å². The zero-order chi connectivity index (χ0) is 12.1. The lowest BCUT2D eigenvalue weighted by molar-refractivity contribution is 0.250. The van der Waals surface area contributed by atoms with Crippen LogP contribution < -0.4 is 10.6 Å². The number of hydrogen-bond acceptors (Lipinski definition) is 1. The number of hydrogen-bond donors (Lipinski definition) is 2. The van der Waals surface area contributed by atoms with Gasteiger partial charge in [0.1, 0.15) is 0 Å². The molecule has 3 nitrogen and oxygen atoms in total. The minimum absolute atomic E-state index is 0.148. The van der Waals surface area contributed by atoms with Gasteiger partial charge in [0.15, 0.2) is 0 Å². The van der Waals surface area contributed by atoms with Crippen molar-refractivity contribution in [3.05, 3.63) is 27.3 Å². The highest BCUT2D eigenvalue weighted by Crippen LogP contribution is 2.18. The Balaban J connectivity index is 2.71. The van der Waals surface area contributed by atoms with Gasteiger partial charge in [-0.1, -0.05) is 6.92 Å². The zero-order valence-corrected chi connectivity index (χ0v) is 12.0. The van der Waals surface area contributed by atoms with Gasteiger partial charge in [-0.2, -0.15) is 0 Å². The topological polar surface area (TPSA) is 41.1 Å². The second kappa shape index (κ2) is 6.08. The molecule has 0 fully saturated rings. The van der Waals surface area contributed by atoms with Gasteiger partial charge in [0.05, 0.1) is 0 Å². The summed E-state index contributed by atoms with van der Waals surface area (Å²) < 4.78 is 1.23. The molecular formula is C12H17IN2O. The lowest BCUT2D eigenvalue weighted by Gasteiger charge is -2.11. The second-order valence-corrected chi connectivity index (χ2v) is 5.08. The summed E-state index contributed by atoms with van der Waals surface area (Å²) in [6.07, 6.45) is 0.972. The number of nitrogens with one attached hydrogen (secondary N) is 2. The Morgan fingerprint density at radius 2 is 2.12 bits per heavy atom. The van der Waals surface area contributed by atoms with Gasteiger partial charge in [0, 0.05) is 15.3 Å². The lowest BCUT2D eigenvalue weighted by Crippen LogP contribution is -2.34. The fourth-order valence-corrected chi connectivity index (χ4v) is 2.07. The molecule has 16 heavy (non-hydrogen) atoms. The van der Waals surface area contributed by atoms with E-state index in [0.717, 1.165) is 12.1 Å². The number of benzene rings is 1. The Kier molecular flexibility index (Phi) is 5.05. The number of carbonyl (C=O) groups excluding carboxylic acids is 1. The maximum atomic E-state index is 11.5. The minimum atomic E-state index is -0.154. The van der Waals surface area contributed by atoms with Crippen molar-refractivity contribution < 1.29 is 4.79 Å². The van der Waals surface area contributed by atoms with Crippen molar-refractivity contribution in [3.63, 3.8) is 0 Å². The molecule has 2 N–H and O–H groups in total. The van der Waals surface area contributed by atoms with E-state index in [9.17, 15) is 4.79 Å². The number of anilines is 1. The molecule has 0 radical (unpaired) electrons. The van der Waals surface area contributed by atoms with Crippen LogP contribution in [0.15, 0.2) is 18.2 Å². The average molecular weight is 332 g/mol. The molecular weight excluding hydrogens is 315 g/mol. The molecule has 0 aromatic heterocycles. The SMILES string of the molecule is CCc1cc(NC(=O)NC(C)C)ccc1I. The van der Waals surface area contributed by atoms with E-state index in [4.69, 9.17) is 0 Å². The van der Waals surface area contributed by atoms with Gasteiger partial charge >= 0.3 is 6.03 Å². The molecule has 0 saturated heterocycles. The van der Waals surface area contributed by atoms with E-state index < -0.39 is 0 Å². The average Bonchev–Trinajstić information content (AvgIpc) is 2.19. The first-order chi connectivity index (χ1) is 7.52. The summed E-state index contributed by atoms with van der Waals surface area (Å²) in [5.74, 6) is 0. The van der Waals surface area contributed by atoms with E-state index in [2.05, 4.69) is 40.1 Å². The minimum Gasteiger partial charge on any atom is -0.336 e. The molecule has 1 aromatic carbocycles. The standard InChI is InChI=1S/C12H17IN2O/c1-4-9-7-10(5-6-11(9)13)15-12(16)14-8(2)3/h5-8H,4H2,1-3H3,(H2,14,15,16). The van der Waals surface area contributed by atoms with E-state index >= 15 is 0 Å². The summed E-state index contributed by atoms with van der Waals surface area (Å²) in [7, 11) is 0.